The molecule has 8 nitrogen and oxygen atoms in total. The number of nitrogens with one attached hydrogen (secondary N) is 1. The van der Waals surface area contributed by atoms with E-state index in [-0.39, 0.29) is 23.6 Å². The molecule has 3 heterocycles. The van der Waals surface area contributed by atoms with Crippen molar-refractivity contribution in [3.05, 3.63) is 52.1 Å². The number of carbonyl (C=O) groups excluding carboxylic acids is 1. The van der Waals surface area contributed by atoms with E-state index < -0.39 is 0 Å². The molecule has 3 aromatic rings. The highest BCUT2D eigenvalue weighted by atomic mass is 32.1. The number of carbonyl (C=O) groups is 1. The van der Waals surface area contributed by atoms with Crippen LogP contribution in [0, 0.1) is 0 Å². The van der Waals surface area contributed by atoms with E-state index in [9.17, 15) is 9.59 Å². The van der Waals surface area contributed by atoms with Gasteiger partial charge in [-0.3, -0.25) is 19.1 Å². The molecule has 0 spiro atoms. The van der Waals surface area contributed by atoms with Crippen LogP contribution in [0.3, 0.4) is 0 Å². The van der Waals surface area contributed by atoms with Gasteiger partial charge < -0.3 is 10.2 Å². The zero-order valence-electron chi connectivity index (χ0n) is 18.3. The summed E-state index contributed by atoms with van der Waals surface area (Å²) in [4.78, 5) is 39.8. The topological polar surface area (TPSA) is 83.4 Å². The Morgan fingerprint density at radius 1 is 1.29 bits per heavy atom. The molecule has 1 aromatic carbocycles. The van der Waals surface area contributed by atoms with Crippen molar-refractivity contribution in [2.75, 3.05) is 25.5 Å². The molecule has 164 valence electrons. The van der Waals surface area contributed by atoms with E-state index in [1.54, 1.807) is 11.6 Å². The average Bonchev–Trinajstić information content (AvgIpc) is 3.42. The van der Waals surface area contributed by atoms with Crippen molar-refractivity contribution >= 4 is 32.7 Å². The van der Waals surface area contributed by atoms with Gasteiger partial charge in [0.05, 0.1) is 6.04 Å². The van der Waals surface area contributed by atoms with Crippen LogP contribution in [0.15, 0.2) is 35.1 Å². The zero-order chi connectivity index (χ0) is 22.1. The second-order valence-corrected chi connectivity index (χ2v) is 9.13. The number of anilines is 1. The first-order valence-corrected chi connectivity index (χ1v) is 11.3. The van der Waals surface area contributed by atoms with Crippen LogP contribution in [0.5, 0.6) is 0 Å². The van der Waals surface area contributed by atoms with Crippen LogP contribution < -0.4 is 15.8 Å². The molecule has 1 unspecified atom stereocenters. The minimum Gasteiger partial charge on any atom is -0.350 e. The lowest BCUT2D eigenvalue weighted by Gasteiger charge is -2.23. The molecule has 1 aliphatic rings. The molecular weight excluding hydrogens is 412 g/mol. The summed E-state index contributed by atoms with van der Waals surface area (Å²) in [5, 5.41) is 3.73. The van der Waals surface area contributed by atoms with Crippen LogP contribution in [0.4, 0.5) is 5.13 Å². The molecular formula is C22H28N6O2S. The van der Waals surface area contributed by atoms with Crippen molar-refractivity contribution in [2.45, 2.75) is 38.4 Å². The van der Waals surface area contributed by atoms with Gasteiger partial charge in [0.1, 0.15) is 11.9 Å². The number of aromatic nitrogens is 3. The average molecular weight is 441 g/mol. The van der Waals surface area contributed by atoms with Gasteiger partial charge in [-0.15, -0.1) is 0 Å². The second kappa shape index (κ2) is 8.76. The highest BCUT2D eigenvalue weighted by Crippen LogP contribution is 2.32. The maximum absolute atomic E-state index is 12.9. The molecule has 1 amide bonds. The lowest BCUT2D eigenvalue weighted by atomic mass is 10.2. The van der Waals surface area contributed by atoms with Crippen LogP contribution in [-0.2, 0) is 18.4 Å². The molecule has 2 aromatic heterocycles. The molecule has 1 N–H and O–H groups in total. The third-order valence-corrected chi connectivity index (χ3v) is 6.91. The van der Waals surface area contributed by atoms with Crippen molar-refractivity contribution in [3.63, 3.8) is 0 Å². The summed E-state index contributed by atoms with van der Waals surface area (Å²) >= 11 is 1.39. The molecule has 1 saturated heterocycles. The van der Waals surface area contributed by atoms with Crippen molar-refractivity contribution in [1.29, 1.82) is 0 Å². The Morgan fingerprint density at radius 2 is 2.03 bits per heavy atom. The zero-order valence-corrected chi connectivity index (χ0v) is 19.1. The molecule has 4 rings (SSSR count). The van der Waals surface area contributed by atoms with Crippen LogP contribution in [0.2, 0.25) is 0 Å². The number of hydrogen-bond donors (Lipinski definition) is 1. The lowest BCUT2D eigenvalue weighted by molar-refractivity contribution is -0.122. The first-order chi connectivity index (χ1) is 14.9. The van der Waals surface area contributed by atoms with Crippen molar-refractivity contribution in [3.8, 4) is 0 Å². The van der Waals surface area contributed by atoms with Crippen LogP contribution >= 0.6 is 11.3 Å². The Bertz CT molecular complexity index is 1140. The number of benzene rings is 1. The van der Waals surface area contributed by atoms with Crippen LogP contribution in [0.1, 0.15) is 37.2 Å². The Hall–Kier alpha value is -2.78. The Balaban J connectivity index is 1.59. The normalized spacial score (nSPS) is 17.5. The maximum Gasteiger partial charge on any atom is 0.280 e. The summed E-state index contributed by atoms with van der Waals surface area (Å²) in [7, 11) is 5.66. The SMILES string of the molecule is C[C@@H](c1nc2sc(N3CCCC3C(=O)NCc3ccccc3)nc2c(=O)n1C)N(C)C. The van der Waals surface area contributed by atoms with E-state index in [2.05, 4.69) is 10.3 Å². The summed E-state index contributed by atoms with van der Waals surface area (Å²) in [5.74, 6) is 0.694. The largest absolute Gasteiger partial charge is 0.350 e. The number of amides is 1. The molecule has 31 heavy (non-hydrogen) atoms. The summed E-state index contributed by atoms with van der Waals surface area (Å²) < 4.78 is 1.57. The molecule has 0 radical (unpaired) electrons. The van der Waals surface area contributed by atoms with E-state index in [1.807, 2.05) is 61.2 Å². The summed E-state index contributed by atoms with van der Waals surface area (Å²) in [6.45, 7) is 3.26. The van der Waals surface area contributed by atoms with E-state index in [0.717, 1.165) is 24.9 Å². The number of hydrogen-bond acceptors (Lipinski definition) is 7. The van der Waals surface area contributed by atoms with E-state index in [1.165, 1.54) is 11.3 Å². The first-order valence-electron chi connectivity index (χ1n) is 10.5. The fraction of sp³-hybridized carbons (Fsp3) is 0.455. The van der Waals surface area contributed by atoms with E-state index in [0.29, 0.717) is 27.8 Å². The summed E-state index contributed by atoms with van der Waals surface area (Å²) in [6.07, 6.45) is 1.68. The van der Waals surface area contributed by atoms with Crippen LogP contribution in [-0.4, -0.2) is 52.0 Å². The predicted octanol–water partition coefficient (Wildman–Crippen LogP) is 2.30. The van der Waals surface area contributed by atoms with Crippen molar-refractivity contribution in [2.24, 2.45) is 7.05 Å². The fourth-order valence-electron chi connectivity index (χ4n) is 3.86. The minimum absolute atomic E-state index is 0.00375. The molecule has 1 fully saturated rings. The standard InChI is InChI=1S/C22H28N6O2S/c1-14(26(2)3)18-25-20-17(21(30)27(18)4)24-22(31-20)28-12-8-11-16(28)19(29)23-13-15-9-6-5-7-10-15/h5-7,9-10,14,16H,8,11-13H2,1-4H3,(H,23,29)/t14-,16?/m0/s1. The van der Waals surface area contributed by atoms with Gasteiger partial charge in [-0.25, -0.2) is 9.97 Å². The van der Waals surface area contributed by atoms with Gasteiger partial charge in [-0.2, -0.15) is 0 Å². The third-order valence-electron chi connectivity index (χ3n) is 5.92. The highest BCUT2D eigenvalue weighted by Gasteiger charge is 2.33. The fourth-order valence-corrected chi connectivity index (χ4v) is 4.87. The lowest BCUT2D eigenvalue weighted by Crippen LogP contribution is -2.43. The quantitative estimate of drug-likeness (QED) is 0.633. The van der Waals surface area contributed by atoms with Gasteiger partial charge in [0.2, 0.25) is 5.91 Å². The second-order valence-electron chi connectivity index (χ2n) is 8.18. The number of fused-ring (bicyclic) bond motifs is 1. The molecule has 0 aliphatic carbocycles. The monoisotopic (exact) mass is 440 g/mol. The molecule has 2 atom stereocenters. The molecule has 0 saturated carbocycles. The van der Waals surface area contributed by atoms with Gasteiger partial charge in [0.15, 0.2) is 15.5 Å². The Morgan fingerprint density at radius 3 is 2.74 bits per heavy atom. The highest BCUT2D eigenvalue weighted by molar-refractivity contribution is 7.21. The molecule has 1 aliphatic heterocycles. The third kappa shape index (κ3) is 4.20. The molecule has 0 bridgehead atoms. The Labute approximate surface area is 185 Å². The predicted molar refractivity (Wildman–Crippen MR) is 123 cm³/mol. The van der Waals surface area contributed by atoms with Crippen LogP contribution in [0.25, 0.3) is 10.3 Å². The Kier molecular flexibility index (Phi) is 6.06. The molecule has 9 heteroatoms. The van der Waals surface area contributed by atoms with Gasteiger partial charge in [-0.1, -0.05) is 41.7 Å². The first kappa shape index (κ1) is 21.5. The summed E-state index contributed by atoms with van der Waals surface area (Å²) in [5.41, 5.74) is 1.28. The van der Waals surface area contributed by atoms with Crippen molar-refractivity contribution in [1.82, 2.24) is 24.8 Å². The van der Waals surface area contributed by atoms with E-state index >= 15 is 0 Å². The van der Waals surface area contributed by atoms with E-state index in [4.69, 9.17) is 4.98 Å². The smallest absolute Gasteiger partial charge is 0.280 e. The number of rotatable bonds is 6. The van der Waals surface area contributed by atoms with Gasteiger partial charge in [-0.05, 0) is 39.4 Å². The minimum atomic E-state index is -0.284. The summed E-state index contributed by atoms with van der Waals surface area (Å²) in [6, 6.07) is 9.58. The number of nitrogens with zero attached hydrogens (tertiary/aromatic N) is 5. The van der Waals surface area contributed by atoms with Gasteiger partial charge >= 0.3 is 0 Å². The maximum atomic E-state index is 12.9. The van der Waals surface area contributed by atoms with Gasteiger partial charge in [0.25, 0.3) is 5.56 Å². The number of thiazole rings is 1. The van der Waals surface area contributed by atoms with Crippen molar-refractivity contribution < 1.29 is 4.79 Å². The van der Waals surface area contributed by atoms with Gasteiger partial charge in [0, 0.05) is 20.1 Å².